The Morgan fingerprint density at radius 3 is 2.29 bits per heavy atom. The van der Waals surface area contributed by atoms with Crippen molar-refractivity contribution in [2.75, 3.05) is 13.7 Å². The van der Waals surface area contributed by atoms with E-state index in [9.17, 15) is 9.59 Å². The van der Waals surface area contributed by atoms with Gasteiger partial charge in [0, 0.05) is 6.04 Å². The highest BCUT2D eigenvalue weighted by molar-refractivity contribution is 5.85. The minimum atomic E-state index is -0.596. The van der Waals surface area contributed by atoms with Crippen molar-refractivity contribution >= 4 is 11.9 Å². The number of nitrogens with one attached hydrogen (secondary N) is 2. The van der Waals surface area contributed by atoms with Crippen molar-refractivity contribution in [2.45, 2.75) is 32.9 Å². The number of ether oxygens (including phenoxy) is 1. The molecule has 0 aromatic heterocycles. The van der Waals surface area contributed by atoms with Gasteiger partial charge in [0.25, 0.3) is 0 Å². The molecule has 1 unspecified atom stereocenters. The summed E-state index contributed by atoms with van der Waals surface area (Å²) in [4.78, 5) is 22.1. The van der Waals surface area contributed by atoms with Crippen LogP contribution in [0.1, 0.15) is 20.8 Å². The lowest BCUT2D eigenvalue weighted by atomic mass is 10.3. The first-order chi connectivity index (χ1) is 6.47. The van der Waals surface area contributed by atoms with Gasteiger partial charge in [-0.1, -0.05) is 13.8 Å². The number of methoxy groups -OCH3 is 1. The van der Waals surface area contributed by atoms with Gasteiger partial charge in [0.15, 0.2) is 0 Å². The Kier molecular flexibility index (Phi) is 5.87. The summed E-state index contributed by atoms with van der Waals surface area (Å²) in [6, 6.07) is -0.351. The molecule has 5 nitrogen and oxygen atoms in total. The van der Waals surface area contributed by atoms with E-state index in [1.807, 2.05) is 13.8 Å². The SMILES string of the molecule is COC(=O)C(C)NC(=O)CNC(C)C. The second-order valence-electron chi connectivity index (χ2n) is 3.35. The molecule has 1 amide bonds. The molecule has 0 saturated heterocycles. The Balaban J connectivity index is 3.77. The quantitative estimate of drug-likeness (QED) is 0.599. The average molecular weight is 202 g/mol. The minimum absolute atomic E-state index is 0.207. The molecule has 0 aromatic carbocycles. The van der Waals surface area contributed by atoms with Crippen molar-refractivity contribution < 1.29 is 14.3 Å². The number of hydrogen-bond donors (Lipinski definition) is 2. The lowest BCUT2D eigenvalue weighted by Gasteiger charge is -2.12. The van der Waals surface area contributed by atoms with Crippen LogP contribution in [0.2, 0.25) is 0 Å². The fourth-order valence-electron chi connectivity index (χ4n) is 0.825. The maximum atomic E-state index is 11.2. The van der Waals surface area contributed by atoms with Gasteiger partial charge in [0.2, 0.25) is 5.91 Å². The van der Waals surface area contributed by atoms with Gasteiger partial charge in [0.05, 0.1) is 13.7 Å². The van der Waals surface area contributed by atoms with E-state index in [1.165, 1.54) is 7.11 Å². The molecule has 0 aliphatic rings. The van der Waals surface area contributed by atoms with Crippen LogP contribution in [-0.4, -0.2) is 37.6 Å². The predicted molar refractivity (Wildman–Crippen MR) is 52.8 cm³/mol. The van der Waals surface area contributed by atoms with E-state index < -0.39 is 12.0 Å². The number of esters is 1. The molecule has 82 valence electrons. The van der Waals surface area contributed by atoms with E-state index in [1.54, 1.807) is 6.92 Å². The fourth-order valence-corrected chi connectivity index (χ4v) is 0.825. The summed E-state index contributed by atoms with van der Waals surface area (Å²) in [6.07, 6.45) is 0. The molecule has 0 aliphatic heterocycles. The van der Waals surface area contributed by atoms with Gasteiger partial charge in [-0.2, -0.15) is 0 Å². The Hall–Kier alpha value is -1.10. The van der Waals surface area contributed by atoms with Crippen LogP contribution in [0.3, 0.4) is 0 Å². The third-order valence-electron chi connectivity index (χ3n) is 1.60. The van der Waals surface area contributed by atoms with Crippen LogP contribution in [0.25, 0.3) is 0 Å². The van der Waals surface area contributed by atoms with Crippen LogP contribution < -0.4 is 10.6 Å². The highest BCUT2D eigenvalue weighted by Crippen LogP contribution is 1.85. The Morgan fingerprint density at radius 1 is 1.29 bits per heavy atom. The van der Waals surface area contributed by atoms with Gasteiger partial charge < -0.3 is 15.4 Å². The number of carbonyl (C=O) groups excluding carboxylic acids is 2. The second kappa shape index (κ2) is 6.37. The topological polar surface area (TPSA) is 67.4 Å². The van der Waals surface area contributed by atoms with E-state index in [0.717, 1.165) is 0 Å². The molecule has 5 heteroatoms. The third-order valence-corrected chi connectivity index (χ3v) is 1.60. The maximum Gasteiger partial charge on any atom is 0.328 e. The predicted octanol–water partition coefficient (Wildman–Crippen LogP) is -0.338. The van der Waals surface area contributed by atoms with Crippen molar-refractivity contribution in [3.05, 3.63) is 0 Å². The molecule has 0 saturated carbocycles. The Labute approximate surface area is 84.2 Å². The number of carbonyl (C=O) groups is 2. The van der Waals surface area contributed by atoms with Crippen LogP contribution >= 0.6 is 0 Å². The molecule has 2 N–H and O–H groups in total. The minimum Gasteiger partial charge on any atom is -0.467 e. The zero-order valence-corrected chi connectivity index (χ0v) is 9.09. The van der Waals surface area contributed by atoms with Crippen LogP contribution in [0.15, 0.2) is 0 Å². The van der Waals surface area contributed by atoms with Crippen molar-refractivity contribution in [1.29, 1.82) is 0 Å². The molecular weight excluding hydrogens is 184 g/mol. The van der Waals surface area contributed by atoms with Gasteiger partial charge >= 0.3 is 5.97 Å². The van der Waals surface area contributed by atoms with Crippen molar-refractivity contribution in [3.63, 3.8) is 0 Å². The second-order valence-corrected chi connectivity index (χ2v) is 3.35. The van der Waals surface area contributed by atoms with Crippen LogP contribution in [0.5, 0.6) is 0 Å². The number of hydrogen-bond acceptors (Lipinski definition) is 4. The van der Waals surface area contributed by atoms with E-state index in [0.29, 0.717) is 0 Å². The number of rotatable bonds is 5. The number of amides is 1. The standard InChI is InChI=1S/C9H18N2O3/c1-6(2)10-5-8(12)11-7(3)9(13)14-4/h6-7,10H,5H2,1-4H3,(H,11,12). The smallest absolute Gasteiger partial charge is 0.328 e. The largest absolute Gasteiger partial charge is 0.467 e. The summed E-state index contributed by atoms with van der Waals surface area (Å²) < 4.78 is 4.46. The average Bonchev–Trinajstić information content (AvgIpc) is 2.13. The van der Waals surface area contributed by atoms with E-state index in [4.69, 9.17) is 0 Å². The molecule has 0 aliphatic carbocycles. The van der Waals surface area contributed by atoms with Crippen molar-refractivity contribution in [3.8, 4) is 0 Å². The van der Waals surface area contributed by atoms with Gasteiger partial charge in [-0.05, 0) is 6.92 Å². The molecule has 0 bridgehead atoms. The van der Waals surface area contributed by atoms with Crippen molar-refractivity contribution in [2.24, 2.45) is 0 Å². The van der Waals surface area contributed by atoms with E-state index in [2.05, 4.69) is 15.4 Å². The highest BCUT2D eigenvalue weighted by Gasteiger charge is 2.15. The normalized spacial score (nSPS) is 12.4. The summed E-state index contributed by atoms with van der Waals surface area (Å²) in [5, 5.41) is 5.45. The van der Waals surface area contributed by atoms with Gasteiger partial charge in [0.1, 0.15) is 6.04 Å². The zero-order valence-electron chi connectivity index (χ0n) is 9.09. The maximum absolute atomic E-state index is 11.2. The summed E-state index contributed by atoms with van der Waals surface area (Å²) in [6.45, 7) is 5.67. The summed E-state index contributed by atoms with van der Waals surface area (Å²) in [5.41, 5.74) is 0. The first kappa shape index (κ1) is 12.9. The van der Waals surface area contributed by atoms with Crippen molar-refractivity contribution in [1.82, 2.24) is 10.6 Å². The highest BCUT2D eigenvalue weighted by atomic mass is 16.5. The molecule has 1 atom stereocenters. The van der Waals surface area contributed by atoms with E-state index in [-0.39, 0.29) is 18.5 Å². The molecule has 0 spiro atoms. The lowest BCUT2D eigenvalue weighted by molar-refractivity contribution is -0.144. The molecule has 0 heterocycles. The molecule has 0 aromatic rings. The third kappa shape index (κ3) is 5.53. The van der Waals surface area contributed by atoms with Crippen LogP contribution in [-0.2, 0) is 14.3 Å². The van der Waals surface area contributed by atoms with Gasteiger partial charge in [-0.3, -0.25) is 4.79 Å². The summed E-state index contributed by atoms with van der Waals surface area (Å²) >= 11 is 0. The molecule has 0 rings (SSSR count). The van der Waals surface area contributed by atoms with Gasteiger partial charge in [-0.15, -0.1) is 0 Å². The fraction of sp³-hybridized carbons (Fsp3) is 0.778. The zero-order chi connectivity index (χ0) is 11.1. The summed E-state index contributed by atoms with van der Waals surface area (Å²) in [7, 11) is 1.29. The lowest BCUT2D eigenvalue weighted by Crippen LogP contribution is -2.44. The first-order valence-corrected chi connectivity index (χ1v) is 4.58. The van der Waals surface area contributed by atoms with Crippen LogP contribution in [0, 0.1) is 0 Å². The van der Waals surface area contributed by atoms with Crippen LogP contribution in [0.4, 0.5) is 0 Å². The Bertz CT molecular complexity index is 204. The monoisotopic (exact) mass is 202 g/mol. The first-order valence-electron chi connectivity index (χ1n) is 4.58. The molecule has 0 radical (unpaired) electrons. The Morgan fingerprint density at radius 2 is 1.86 bits per heavy atom. The van der Waals surface area contributed by atoms with Gasteiger partial charge in [-0.25, -0.2) is 4.79 Å². The summed E-state index contributed by atoms with van der Waals surface area (Å²) in [5.74, 6) is -0.653. The molecular formula is C9H18N2O3. The van der Waals surface area contributed by atoms with E-state index >= 15 is 0 Å². The molecule has 0 fully saturated rings. The molecule has 14 heavy (non-hydrogen) atoms.